The zero-order valence-electron chi connectivity index (χ0n) is 6.91. The first-order chi connectivity index (χ1) is 5.15. The monoisotopic (exact) mass is 158 g/mol. The number of carbonyl (C=O) groups is 1. The first-order valence-electron chi connectivity index (χ1n) is 3.68. The summed E-state index contributed by atoms with van der Waals surface area (Å²) in [6.45, 7) is 0.778. The van der Waals surface area contributed by atoms with Crippen LogP contribution in [-0.4, -0.2) is 43.7 Å². The van der Waals surface area contributed by atoms with Gasteiger partial charge in [0, 0.05) is 12.6 Å². The van der Waals surface area contributed by atoms with Crippen molar-refractivity contribution in [2.45, 2.75) is 18.5 Å². The summed E-state index contributed by atoms with van der Waals surface area (Å²) >= 11 is 0. The molecule has 4 nitrogen and oxygen atoms in total. The van der Waals surface area contributed by atoms with Gasteiger partial charge in [0.2, 0.25) is 0 Å². The highest BCUT2D eigenvalue weighted by molar-refractivity contribution is 5.76. The Balaban J connectivity index is 2.52. The molecule has 0 bridgehead atoms. The van der Waals surface area contributed by atoms with Crippen molar-refractivity contribution < 1.29 is 9.53 Å². The lowest BCUT2D eigenvalue weighted by Crippen LogP contribution is -2.33. The van der Waals surface area contributed by atoms with Crippen LogP contribution in [0, 0.1) is 0 Å². The van der Waals surface area contributed by atoms with E-state index in [1.807, 2.05) is 11.9 Å². The molecule has 0 amide bonds. The molecule has 0 saturated carbocycles. The summed E-state index contributed by atoms with van der Waals surface area (Å²) in [5.41, 5.74) is 5.66. The van der Waals surface area contributed by atoms with Gasteiger partial charge in [0.15, 0.2) is 0 Å². The summed E-state index contributed by atoms with van der Waals surface area (Å²) in [7, 11) is 3.29. The van der Waals surface area contributed by atoms with E-state index in [-0.39, 0.29) is 18.1 Å². The van der Waals surface area contributed by atoms with Crippen molar-refractivity contribution in [3.8, 4) is 0 Å². The molecule has 0 spiro atoms. The topological polar surface area (TPSA) is 55.6 Å². The minimum Gasteiger partial charge on any atom is -0.468 e. The maximum absolute atomic E-state index is 11.1. The van der Waals surface area contributed by atoms with Gasteiger partial charge in [0.05, 0.1) is 7.11 Å². The second-order valence-electron chi connectivity index (χ2n) is 2.97. The third kappa shape index (κ3) is 1.70. The average molecular weight is 158 g/mol. The number of nitrogens with zero attached hydrogens (tertiary/aromatic N) is 1. The fourth-order valence-electron chi connectivity index (χ4n) is 1.45. The van der Waals surface area contributed by atoms with E-state index < -0.39 is 0 Å². The predicted octanol–water partition coefficient (Wildman–Crippen LogP) is -0.809. The van der Waals surface area contributed by atoms with Gasteiger partial charge >= 0.3 is 5.97 Å². The molecule has 4 heteroatoms. The van der Waals surface area contributed by atoms with Crippen molar-refractivity contribution in [2.75, 3.05) is 20.7 Å². The molecular formula is C7H14N2O2. The molecule has 0 radical (unpaired) electrons. The number of hydrogen-bond donors (Lipinski definition) is 1. The second kappa shape index (κ2) is 3.19. The van der Waals surface area contributed by atoms with Crippen LogP contribution in [0.3, 0.4) is 0 Å². The van der Waals surface area contributed by atoms with E-state index >= 15 is 0 Å². The Morgan fingerprint density at radius 2 is 2.36 bits per heavy atom. The highest BCUT2D eigenvalue weighted by Gasteiger charge is 2.32. The number of likely N-dealkylation sites (tertiary alicyclic amines) is 1. The number of esters is 1. The lowest BCUT2D eigenvalue weighted by atomic mass is 10.2. The van der Waals surface area contributed by atoms with Crippen molar-refractivity contribution >= 4 is 5.97 Å². The highest BCUT2D eigenvalue weighted by Crippen LogP contribution is 2.14. The van der Waals surface area contributed by atoms with Crippen LogP contribution in [0.15, 0.2) is 0 Å². The minimum absolute atomic E-state index is 0.115. The zero-order valence-corrected chi connectivity index (χ0v) is 6.91. The number of nitrogens with two attached hydrogens (primary N) is 1. The fraction of sp³-hybridized carbons (Fsp3) is 0.857. The maximum atomic E-state index is 11.1. The summed E-state index contributed by atoms with van der Waals surface area (Å²) in [4.78, 5) is 13.0. The van der Waals surface area contributed by atoms with Gasteiger partial charge in [-0.05, 0) is 13.5 Å². The van der Waals surface area contributed by atoms with E-state index in [0.717, 1.165) is 6.54 Å². The van der Waals surface area contributed by atoms with Crippen LogP contribution < -0.4 is 5.73 Å². The summed E-state index contributed by atoms with van der Waals surface area (Å²) in [5.74, 6) is -0.180. The first-order valence-corrected chi connectivity index (χ1v) is 3.68. The molecule has 1 aliphatic heterocycles. The SMILES string of the molecule is COC(=O)[C@@H]1C[C@H](N)CN1C. The predicted molar refractivity (Wildman–Crippen MR) is 41.0 cm³/mol. The summed E-state index contributed by atoms with van der Waals surface area (Å²) in [6.07, 6.45) is 0.711. The Morgan fingerprint density at radius 1 is 1.73 bits per heavy atom. The summed E-state index contributed by atoms with van der Waals surface area (Å²) in [6, 6.07) is -0.0147. The van der Waals surface area contributed by atoms with Crippen molar-refractivity contribution in [3.05, 3.63) is 0 Å². The zero-order chi connectivity index (χ0) is 8.43. The Morgan fingerprint density at radius 3 is 2.73 bits per heavy atom. The van der Waals surface area contributed by atoms with Gasteiger partial charge in [0.25, 0.3) is 0 Å². The molecule has 1 fully saturated rings. The average Bonchev–Trinajstić information content (AvgIpc) is 2.28. The van der Waals surface area contributed by atoms with E-state index in [1.54, 1.807) is 0 Å². The van der Waals surface area contributed by atoms with Crippen molar-refractivity contribution in [1.29, 1.82) is 0 Å². The van der Waals surface area contributed by atoms with Gasteiger partial charge in [-0.2, -0.15) is 0 Å². The number of hydrogen-bond acceptors (Lipinski definition) is 4. The molecule has 2 N–H and O–H groups in total. The standard InChI is InChI=1S/C7H14N2O2/c1-9-4-5(8)3-6(9)7(10)11-2/h5-6H,3-4,8H2,1-2H3/t5-,6-/m0/s1. The number of rotatable bonds is 1. The molecule has 0 unspecified atom stereocenters. The summed E-state index contributed by atoms with van der Waals surface area (Å²) < 4.78 is 4.62. The van der Waals surface area contributed by atoms with Gasteiger partial charge in [0.1, 0.15) is 6.04 Å². The Hall–Kier alpha value is -0.610. The third-order valence-corrected chi connectivity index (χ3v) is 2.05. The van der Waals surface area contributed by atoms with Gasteiger partial charge in [-0.15, -0.1) is 0 Å². The number of carbonyl (C=O) groups excluding carboxylic acids is 1. The summed E-state index contributed by atoms with van der Waals surface area (Å²) in [5, 5.41) is 0. The van der Waals surface area contributed by atoms with Crippen molar-refractivity contribution in [3.63, 3.8) is 0 Å². The van der Waals surface area contributed by atoms with Crippen LogP contribution in [0.1, 0.15) is 6.42 Å². The van der Waals surface area contributed by atoms with Gasteiger partial charge in [-0.25, -0.2) is 0 Å². The third-order valence-electron chi connectivity index (χ3n) is 2.05. The van der Waals surface area contributed by atoms with Crippen molar-refractivity contribution in [1.82, 2.24) is 4.90 Å². The largest absolute Gasteiger partial charge is 0.468 e. The number of likely N-dealkylation sites (N-methyl/N-ethyl adjacent to an activating group) is 1. The van der Waals surface area contributed by atoms with Gasteiger partial charge in [-0.3, -0.25) is 9.69 Å². The van der Waals surface area contributed by atoms with E-state index in [9.17, 15) is 4.79 Å². The lowest BCUT2D eigenvalue weighted by molar-refractivity contribution is -0.145. The molecular weight excluding hydrogens is 144 g/mol. The maximum Gasteiger partial charge on any atom is 0.323 e. The van der Waals surface area contributed by atoms with Crippen LogP contribution >= 0.6 is 0 Å². The van der Waals surface area contributed by atoms with Crippen LogP contribution in [0.5, 0.6) is 0 Å². The van der Waals surface area contributed by atoms with E-state index in [1.165, 1.54) is 7.11 Å². The van der Waals surface area contributed by atoms with Crippen LogP contribution in [0.25, 0.3) is 0 Å². The molecule has 11 heavy (non-hydrogen) atoms. The molecule has 1 saturated heterocycles. The van der Waals surface area contributed by atoms with E-state index in [0.29, 0.717) is 6.42 Å². The molecule has 0 aliphatic carbocycles. The molecule has 1 heterocycles. The Labute approximate surface area is 66.3 Å². The molecule has 0 aromatic rings. The van der Waals surface area contributed by atoms with E-state index in [2.05, 4.69) is 4.74 Å². The molecule has 2 atom stereocenters. The van der Waals surface area contributed by atoms with Crippen LogP contribution in [0.4, 0.5) is 0 Å². The first kappa shape index (κ1) is 8.49. The smallest absolute Gasteiger partial charge is 0.323 e. The Bertz CT molecular complexity index is 161. The van der Waals surface area contributed by atoms with E-state index in [4.69, 9.17) is 5.73 Å². The quantitative estimate of drug-likeness (QED) is 0.507. The van der Waals surface area contributed by atoms with Gasteiger partial charge < -0.3 is 10.5 Å². The van der Waals surface area contributed by atoms with Crippen molar-refractivity contribution in [2.24, 2.45) is 5.73 Å². The number of ether oxygens (including phenoxy) is 1. The Kier molecular flexibility index (Phi) is 2.46. The molecule has 1 aliphatic rings. The molecule has 1 rings (SSSR count). The lowest BCUT2D eigenvalue weighted by Gasteiger charge is -2.15. The number of methoxy groups -OCH3 is 1. The highest BCUT2D eigenvalue weighted by atomic mass is 16.5. The van der Waals surface area contributed by atoms with Gasteiger partial charge in [-0.1, -0.05) is 0 Å². The van der Waals surface area contributed by atoms with Crippen LogP contribution in [0.2, 0.25) is 0 Å². The minimum atomic E-state index is -0.180. The fourth-order valence-corrected chi connectivity index (χ4v) is 1.45. The molecule has 64 valence electrons. The second-order valence-corrected chi connectivity index (χ2v) is 2.97. The molecule has 0 aromatic carbocycles. The normalized spacial score (nSPS) is 32.3. The van der Waals surface area contributed by atoms with Crippen LogP contribution in [-0.2, 0) is 9.53 Å². The molecule has 0 aromatic heterocycles.